The molecule has 0 radical (unpaired) electrons. The molecule has 0 aliphatic carbocycles. The zero-order valence-electron chi connectivity index (χ0n) is 20.3. The second-order valence-electron chi connectivity index (χ2n) is 8.56. The van der Waals surface area contributed by atoms with Crippen LogP contribution in [-0.2, 0) is 16.0 Å². The van der Waals surface area contributed by atoms with Crippen molar-refractivity contribution >= 4 is 40.3 Å². The number of benzene rings is 3. The minimum atomic E-state index is -0.0371. The van der Waals surface area contributed by atoms with Crippen LogP contribution in [0.5, 0.6) is 5.75 Å². The maximum absolute atomic E-state index is 13.5. The number of thioether (sulfide) groups is 1. The van der Waals surface area contributed by atoms with Crippen molar-refractivity contribution in [3.8, 4) is 5.75 Å². The van der Waals surface area contributed by atoms with Crippen LogP contribution in [0, 0.1) is 0 Å². The number of ether oxygens (including phenoxy) is 2. The summed E-state index contributed by atoms with van der Waals surface area (Å²) in [6.07, 6.45) is 2.67. The minimum absolute atomic E-state index is 0.0371. The molecule has 1 amide bonds. The van der Waals surface area contributed by atoms with Gasteiger partial charge >= 0.3 is 0 Å². The average Bonchev–Trinajstić information content (AvgIpc) is 3.22. The van der Waals surface area contributed by atoms with Crippen LogP contribution in [-0.4, -0.2) is 55.9 Å². The molecule has 0 saturated carbocycles. The predicted octanol–water partition coefficient (Wildman–Crippen LogP) is 5.38. The third kappa shape index (κ3) is 5.64. The van der Waals surface area contributed by atoms with Crippen LogP contribution in [0.1, 0.15) is 11.1 Å². The monoisotopic (exact) mass is 499 g/mol. The number of anilines is 1. The molecule has 2 aliphatic rings. The molecule has 0 N–H and O–H groups in total. The Bertz CT molecular complexity index is 1260. The Labute approximate surface area is 216 Å². The van der Waals surface area contributed by atoms with E-state index in [4.69, 9.17) is 14.5 Å². The first kappa shape index (κ1) is 24.2. The van der Waals surface area contributed by atoms with E-state index in [0.29, 0.717) is 16.6 Å². The molecule has 2 saturated heterocycles. The maximum atomic E-state index is 13.5. The molecule has 0 aromatic heterocycles. The fourth-order valence-electron chi connectivity index (χ4n) is 4.27. The first-order chi connectivity index (χ1) is 17.7. The van der Waals surface area contributed by atoms with E-state index in [1.54, 1.807) is 12.0 Å². The van der Waals surface area contributed by atoms with Gasteiger partial charge in [0.05, 0.1) is 30.9 Å². The van der Waals surface area contributed by atoms with E-state index in [1.807, 2.05) is 66.7 Å². The predicted molar refractivity (Wildman–Crippen MR) is 147 cm³/mol. The number of hydrogen-bond acceptors (Lipinski definition) is 6. The average molecular weight is 500 g/mol. The van der Waals surface area contributed by atoms with Gasteiger partial charge in [-0.15, -0.1) is 0 Å². The van der Waals surface area contributed by atoms with Gasteiger partial charge in [0.2, 0.25) is 0 Å². The molecule has 0 unspecified atom stereocenters. The Hall–Kier alpha value is -3.55. The first-order valence-corrected chi connectivity index (χ1v) is 12.9. The molecule has 2 aliphatic heterocycles. The van der Waals surface area contributed by atoms with E-state index in [-0.39, 0.29) is 5.91 Å². The van der Waals surface area contributed by atoms with Gasteiger partial charge in [0, 0.05) is 37.0 Å². The Morgan fingerprint density at radius 1 is 1.00 bits per heavy atom. The zero-order chi connectivity index (χ0) is 24.7. The van der Waals surface area contributed by atoms with Gasteiger partial charge in [-0.25, -0.2) is 4.99 Å². The Kier molecular flexibility index (Phi) is 7.69. The van der Waals surface area contributed by atoms with Crippen molar-refractivity contribution < 1.29 is 14.3 Å². The molecular weight excluding hydrogens is 470 g/mol. The van der Waals surface area contributed by atoms with Gasteiger partial charge in [0.15, 0.2) is 5.17 Å². The lowest BCUT2D eigenvalue weighted by Crippen LogP contribution is -2.36. The summed E-state index contributed by atoms with van der Waals surface area (Å²) < 4.78 is 11.2. The summed E-state index contributed by atoms with van der Waals surface area (Å²) in [5, 5.41) is 0.692. The lowest BCUT2D eigenvalue weighted by atomic mass is 10.1. The number of aliphatic imine (C=N–C) groups is 1. The summed E-state index contributed by atoms with van der Waals surface area (Å²) in [7, 11) is 1.67. The normalized spacial score (nSPS) is 18.3. The molecular formula is C29H29N3O3S. The summed E-state index contributed by atoms with van der Waals surface area (Å²) in [6, 6.07) is 26.1. The smallest absolute Gasteiger partial charge is 0.266 e. The van der Waals surface area contributed by atoms with Crippen LogP contribution in [0.15, 0.2) is 88.8 Å². The van der Waals surface area contributed by atoms with Gasteiger partial charge in [-0.2, -0.15) is 0 Å². The Balaban J connectivity index is 1.43. The van der Waals surface area contributed by atoms with Gasteiger partial charge in [-0.1, -0.05) is 48.5 Å². The van der Waals surface area contributed by atoms with Crippen molar-refractivity contribution in [2.45, 2.75) is 6.42 Å². The number of carbonyl (C=O) groups is 1. The lowest BCUT2D eigenvalue weighted by Gasteiger charge is -2.29. The largest absolute Gasteiger partial charge is 0.496 e. The van der Waals surface area contributed by atoms with Gasteiger partial charge < -0.3 is 14.4 Å². The maximum Gasteiger partial charge on any atom is 0.266 e. The Morgan fingerprint density at radius 3 is 2.44 bits per heavy atom. The summed E-state index contributed by atoms with van der Waals surface area (Å²) in [5.41, 5.74) is 3.98. The van der Waals surface area contributed by atoms with Crippen molar-refractivity contribution in [3.05, 3.63) is 94.9 Å². The molecule has 0 spiro atoms. The molecule has 3 aromatic rings. The summed E-state index contributed by atoms with van der Waals surface area (Å²) in [5.74, 6) is 0.703. The third-order valence-electron chi connectivity index (χ3n) is 6.22. The van der Waals surface area contributed by atoms with Crippen LogP contribution in [0.2, 0.25) is 0 Å². The zero-order valence-corrected chi connectivity index (χ0v) is 21.1. The number of morpholine rings is 1. The van der Waals surface area contributed by atoms with Crippen LogP contribution < -0.4 is 9.64 Å². The third-order valence-corrected chi connectivity index (χ3v) is 7.22. The summed E-state index contributed by atoms with van der Waals surface area (Å²) >= 11 is 1.41. The van der Waals surface area contributed by atoms with Gasteiger partial charge in [-0.3, -0.25) is 9.69 Å². The number of amides is 1. The van der Waals surface area contributed by atoms with Crippen molar-refractivity contribution in [2.75, 3.05) is 44.9 Å². The molecule has 2 heterocycles. The van der Waals surface area contributed by atoms with Crippen LogP contribution >= 0.6 is 11.8 Å². The molecule has 7 heteroatoms. The second-order valence-corrected chi connectivity index (χ2v) is 9.57. The highest BCUT2D eigenvalue weighted by molar-refractivity contribution is 8.18. The second kappa shape index (κ2) is 11.5. The quantitative estimate of drug-likeness (QED) is 0.409. The summed E-state index contributed by atoms with van der Waals surface area (Å²) in [4.78, 5) is 23.0. The standard InChI is InChI=1S/C29H29N3O3S/c1-34-26-21-25(31-16-18-35-19-17-31)13-12-23(26)20-27-28(33)32(15-14-22-8-4-2-5-9-22)29(36-27)30-24-10-6-3-7-11-24/h2-13,20-21H,14-19H2,1H3/b27-20-,30-29?. The SMILES string of the molecule is COc1cc(N2CCOCC2)ccc1/C=C1\SC(=Nc2ccccc2)N(CCc2ccccc2)C1=O. The number of nitrogens with zero attached hydrogens (tertiary/aromatic N) is 3. The minimum Gasteiger partial charge on any atom is -0.496 e. The number of methoxy groups -OCH3 is 1. The van der Waals surface area contributed by atoms with Crippen LogP contribution in [0.3, 0.4) is 0 Å². The molecule has 0 atom stereocenters. The van der Waals surface area contributed by atoms with Crippen molar-refractivity contribution in [2.24, 2.45) is 4.99 Å². The number of para-hydroxylation sites is 1. The highest BCUT2D eigenvalue weighted by Gasteiger charge is 2.33. The van der Waals surface area contributed by atoms with Crippen molar-refractivity contribution in [3.63, 3.8) is 0 Å². The molecule has 36 heavy (non-hydrogen) atoms. The van der Waals surface area contributed by atoms with Crippen molar-refractivity contribution in [1.82, 2.24) is 4.90 Å². The number of carbonyl (C=O) groups excluding carboxylic acids is 1. The first-order valence-electron chi connectivity index (χ1n) is 12.1. The lowest BCUT2D eigenvalue weighted by molar-refractivity contribution is -0.122. The molecule has 184 valence electrons. The summed E-state index contributed by atoms with van der Waals surface area (Å²) in [6.45, 7) is 3.72. The number of hydrogen-bond donors (Lipinski definition) is 0. The van der Waals surface area contributed by atoms with E-state index < -0.39 is 0 Å². The molecule has 6 nitrogen and oxygen atoms in total. The van der Waals surface area contributed by atoms with Crippen molar-refractivity contribution in [1.29, 1.82) is 0 Å². The van der Waals surface area contributed by atoms with E-state index >= 15 is 0 Å². The fourth-order valence-corrected chi connectivity index (χ4v) is 5.28. The van der Waals surface area contributed by atoms with Gasteiger partial charge in [-0.05, 0) is 54.1 Å². The highest BCUT2D eigenvalue weighted by Crippen LogP contribution is 2.36. The molecule has 2 fully saturated rings. The van der Waals surface area contributed by atoms with E-state index in [1.165, 1.54) is 17.3 Å². The Morgan fingerprint density at radius 2 is 1.72 bits per heavy atom. The number of amidine groups is 1. The van der Waals surface area contributed by atoms with Gasteiger partial charge in [0.1, 0.15) is 5.75 Å². The molecule has 5 rings (SSSR count). The highest BCUT2D eigenvalue weighted by atomic mass is 32.2. The van der Waals surface area contributed by atoms with E-state index in [9.17, 15) is 4.79 Å². The molecule has 3 aromatic carbocycles. The fraction of sp³-hybridized carbons (Fsp3) is 0.241. The molecule has 0 bridgehead atoms. The van der Waals surface area contributed by atoms with Crippen LogP contribution in [0.25, 0.3) is 6.08 Å². The number of rotatable bonds is 7. The topological polar surface area (TPSA) is 54.4 Å². The van der Waals surface area contributed by atoms with Gasteiger partial charge in [0.25, 0.3) is 5.91 Å². The van der Waals surface area contributed by atoms with E-state index in [2.05, 4.69) is 23.1 Å². The van der Waals surface area contributed by atoms with Crippen LogP contribution in [0.4, 0.5) is 11.4 Å². The van der Waals surface area contributed by atoms with E-state index in [0.717, 1.165) is 55.4 Å².